The largest absolute Gasteiger partial charge is 0.352 e. The van der Waals surface area contributed by atoms with E-state index in [1.165, 1.54) is 0 Å². The van der Waals surface area contributed by atoms with Crippen LogP contribution >= 0.6 is 35.4 Å². The monoisotopic (exact) mass is 590 g/mol. The highest BCUT2D eigenvalue weighted by Gasteiger charge is 2.19. The number of carbonyl (C=O) groups excluding carboxylic acids is 1. The molecule has 10 heteroatoms. The van der Waals surface area contributed by atoms with Gasteiger partial charge < -0.3 is 20.1 Å². The number of thiocarbonyl (C=S) groups is 1. The summed E-state index contributed by atoms with van der Waals surface area (Å²) in [6.07, 6.45) is 3.57. The molecule has 40 heavy (non-hydrogen) atoms. The number of hydrogen-bond donors (Lipinski definition) is 2. The number of benzene rings is 3. The number of aromatic nitrogens is 2. The lowest BCUT2D eigenvalue weighted by Gasteiger charge is -2.29. The van der Waals surface area contributed by atoms with Gasteiger partial charge in [0.2, 0.25) is 5.91 Å². The lowest BCUT2D eigenvalue weighted by molar-refractivity contribution is -0.121. The molecule has 0 aliphatic carbocycles. The van der Waals surface area contributed by atoms with Crippen LogP contribution in [0.2, 0.25) is 10.0 Å². The number of rotatable bonds is 10. The van der Waals surface area contributed by atoms with E-state index in [1.54, 1.807) is 30.7 Å². The fraction of sp³-hybridized carbons (Fsp3) is 0.200. The molecule has 0 unspecified atom stereocenters. The van der Waals surface area contributed by atoms with Gasteiger partial charge in [-0.1, -0.05) is 65.7 Å². The second-order valence-corrected chi connectivity index (χ2v) is 10.5. The van der Waals surface area contributed by atoms with Crippen LogP contribution in [0.3, 0.4) is 0 Å². The quantitative estimate of drug-likeness (QED) is 0.218. The van der Waals surface area contributed by atoms with Crippen LogP contribution in [0, 0.1) is 11.3 Å². The Morgan fingerprint density at radius 3 is 2.58 bits per heavy atom. The SMILES string of the molecule is C[C@@H](CN(Cc1cccc(Cl)c1Cl)C(=S)Nc1ccccc1)NC(=O)Cc1cncn1Cc1ccc(C#N)cc1. The summed E-state index contributed by atoms with van der Waals surface area (Å²) in [6, 6.07) is 24.4. The van der Waals surface area contributed by atoms with Crippen LogP contribution in [-0.4, -0.2) is 38.1 Å². The van der Waals surface area contributed by atoms with E-state index in [9.17, 15) is 4.79 Å². The molecule has 2 N–H and O–H groups in total. The molecule has 0 radical (unpaired) electrons. The van der Waals surface area contributed by atoms with Gasteiger partial charge in [-0.15, -0.1) is 0 Å². The van der Waals surface area contributed by atoms with Gasteiger partial charge >= 0.3 is 0 Å². The molecule has 0 fully saturated rings. The lowest BCUT2D eigenvalue weighted by Crippen LogP contribution is -2.45. The Hall–Kier alpha value is -3.90. The smallest absolute Gasteiger partial charge is 0.226 e. The van der Waals surface area contributed by atoms with Crippen molar-refractivity contribution in [1.82, 2.24) is 19.8 Å². The van der Waals surface area contributed by atoms with Crippen molar-refractivity contribution in [2.75, 3.05) is 11.9 Å². The predicted molar refractivity (Wildman–Crippen MR) is 163 cm³/mol. The molecule has 0 aliphatic heterocycles. The highest BCUT2D eigenvalue weighted by atomic mass is 35.5. The van der Waals surface area contributed by atoms with E-state index in [4.69, 9.17) is 40.7 Å². The van der Waals surface area contributed by atoms with E-state index in [2.05, 4.69) is 21.7 Å². The number of halogens is 2. The summed E-state index contributed by atoms with van der Waals surface area (Å²) in [5.74, 6) is -0.128. The maximum absolute atomic E-state index is 13.0. The van der Waals surface area contributed by atoms with Gasteiger partial charge in [-0.3, -0.25) is 4.79 Å². The van der Waals surface area contributed by atoms with Crippen LogP contribution in [-0.2, 0) is 24.3 Å². The Morgan fingerprint density at radius 1 is 1.10 bits per heavy atom. The fourth-order valence-corrected chi connectivity index (χ4v) is 4.84. The van der Waals surface area contributed by atoms with Crippen molar-refractivity contribution in [1.29, 1.82) is 5.26 Å². The zero-order valence-electron chi connectivity index (χ0n) is 21.8. The van der Waals surface area contributed by atoms with Crippen LogP contribution in [0.4, 0.5) is 5.69 Å². The van der Waals surface area contributed by atoms with E-state index in [0.29, 0.717) is 40.4 Å². The van der Waals surface area contributed by atoms with Crippen LogP contribution < -0.4 is 10.6 Å². The molecule has 1 amide bonds. The summed E-state index contributed by atoms with van der Waals surface area (Å²) < 4.78 is 1.93. The summed E-state index contributed by atoms with van der Waals surface area (Å²) in [5, 5.41) is 16.8. The second kappa shape index (κ2) is 13.9. The van der Waals surface area contributed by atoms with E-state index in [1.807, 2.05) is 71.0 Å². The van der Waals surface area contributed by atoms with Crippen molar-refractivity contribution in [3.8, 4) is 6.07 Å². The zero-order valence-corrected chi connectivity index (χ0v) is 24.2. The number of imidazole rings is 1. The van der Waals surface area contributed by atoms with Crippen LogP contribution in [0.1, 0.15) is 29.3 Å². The van der Waals surface area contributed by atoms with Crippen LogP contribution in [0.25, 0.3) is 0 Å². The molecule has 0 spiro atoms. The third-order valence-corrected chi connectivity index (χ3v) is 7.40. The molecule has 0 saturated heterocycles. The van der Waals surface area contributed by atoms with Gasteiger partial charge in [0, 0.05) is 43.3 Å². The number of carbonyl (C=O) groups is 1. The van der Waals surface area contributed by atoms with Gasteiger partial charge in [0.25, 0.3) is 0 Å². The lowest BCUT2D eigenvalue weighted by atomic mass is 10.1. The first-order valence-electron chi connectivity index (χ1n) is 12.6. The van der Waals surface area contributed by atoms with Crippen LogP contribution in [0.15, 0.2) is 85.3 Å². The average molecular weight is 592 g/mol. The van der Waals surface area contributed by atoms with E-state index < -0.39 is 0 Å². The molecule has 4 rings (SSSR count). The van der Waals surface area contributed by atoms with Crippen molar-refractivity contribution in [3.63, 3.8) is 0 Å². The van der Waals surface area contributed by atoms with Gasteiger partial charge in [-0.2, -0.15) is 5.26 Å². The maximum Gasteiger partial charge on any atom is 0.226 e. The Morgan fingerprint density at radius 2 is 1.85 bits per heavy atom. The van der Waals surface area contributed by atoms with E-state index >= 15 is 0 Å². The topological polar surface area (TPSA) is 86.0 Å². The molecule has 0 saturated carbocycles. The Balaban J connectivity index is 1.40. The summed E-state index contributed by atoms with van der Waals surface area (Å²) in [7, 11) is 0. The summed E-state index contributed by atoms with van der Waals surface area (Å²) in [4.78, 5) is 19.2. The van der Waals surface area contributed by atoms with Gasteiger partial charge in [0.05, 0.1) is 34.4 Å². The van der Waals surface area contributed by atoms with Gasteiger partial charge in [0.1, 0.15) is 0 Å². The summed E-state index contributed by atoms with van der Waals surface area (Å²) in [5.41, 5.74) is 4.10. The number of nitriles is 1. The molecule has 0 aliphatic rings. The summed E-state index contributed by atoms with van der Waals surface area (Å²) in [6.45, 7) is 3.34. The third-order valence-electron chi connectivity index (χ3n) is 6.18. The predicted octanol–water partition coefficient (Wildman–Crippen LogP) is 6.06. The van der Waals surface area contributed by atoms with Crippen molar-refractivity contribution in [2.24, 2.45) is 0 Å². The molecule has 4 aromatic rings. The fourth-order valence-electron chi connectivity index (χ4n) is 4.21. The number of amides is 1. The first-order valence-corrected chi connectivity index (χ1v) is 13.8. The number of nitrogens with one attached hydrogen (secondary N) is 2. The molecular weight excluding hydrogens is 563 g/mol. The van der Waals surface area contributed by atoms with Gasteiger partial charge in [-0.05, 0) is 60.6 Å². The third kappa shape index (κ3) is 8.06. The number of hydrogen-bond acceptors (Lipinski definition) is 4. The molecule has 1 heterocycles. The Bertz CT molecular complexity index is 1500. The molecule has 0 bridgehead atoms. The Labute approximate surface area is 249 Å². The van der Waals surface area contributed by atoms with Crippen molar-refractivity contribution in [3.05, 3.63) is 118 Å². The van der Waals surface area contributed by atoms with E-state index in [0.717, 1.165) is 22.5 Å². The second-order valence-electron chi connectivity index (χ2n) is 9.36. The van der Waals surface area contributed by atoms with E-state index in [-0.39, 0.29) is 18.4 Å². The standard InChI is InChI=1S/C30H28Cl2N6OS/c1-21(35-28(39)14-26-16-34-20-38(26)18-23-12-10-22(15-33)11-13-23)17-37(19-24-6-5-9-27(31)29(24)32)30(40)36-25-7-3-2-4-8-25/h2-13,16,20-21H,14,17-19H2,1H3,(H,35,39)(H,36,40)/t21-/m0/s1. The minimum absolute atomic E-state index is 0.128. The maximum atomic E-state index is 13.0. The highest BCUT2D eigenvalue weighted by Crippen LogP contribution is 2.27. The number of para-hydroxylation sites is 1. The first kappa shape index (κ1) is 29.1. The average Bonchev–Trinajstić information content (AvgIpc) is 3.37. The van der Waals surface area contributed by atoms with Gasteiger partial charge in [-0.25, -0.2) is 4.98 Å². The molecular formula is C30H28Cl2N6OS. The molecule has 204 valence electrons. The number of anilines is 1. The molecule has 1 aromatic heterocycles. The summed E-state index contributed by atoms with van der Waals surface area (Å²) >= 11 is 18.5. The number of nitrogens with zero attached hydrogens (tertiary/aromatic N) is 4. The minimum atomic E-state index is -0.226. The first-order chi connectivity index (χ1) is 19.3. The van der Waals surface area contributed by atoms with Crippen LogP contribution in [0.5, 0.6) is 0 Å². The Kier molecular flexibility index (Phi) is 10.1. The molecule has 1 atom stereocenters. The minimum Gasteiger partial charge on any atom is -0.352 e. The normalized spacial score (nSPS) is 11.3. The van der Waals surface area contributed by atoms with Gasteiger partial charge in [0.15, 0.2) is 5.11 Å². The van der Waals surface area contributed by atoms with Crippen molar-refractivity contribution in [2.45, 2.75) is 32.5 Å². The molecule has 7 nitrogen and oxygen atoms in total. The zero-order chi connectivity index (χ0) is 28.5. The molecule has 3 aromatic carbocycles. The van der Waals surface area contributed by atoms with Crippen molar-refractivity contribution < 1.29 is 4.79 Å². The highest BCUT2D eigenvalue weighted by molar-refractivity contribution is 7.80. The van der Waals surface area contributed by atoms with Crippen molar-refractivity contribution >= 4 is 52.1 Å².